The van der Waals surface area contributed by atoms with Crippen molar-refractivity contribution in [3.63, 3.8) is 0 Å². The van der Waals surface area contributed by atoms with Gasteiger partial charge in [0.2, 0.25) is 11.8 Å². The van der Waals surface area contributed by atoms with Crippen LogP contribution in [0.25, 0.3) is 0 Å². The fraction of sp³-hybridized carbons (Fsp3) is 0.875. The number of hydrogen-bond donors (Lipinski definition) is 2. The predicted octanol–water partition coefficient (Wildman–Crippen LogP) is 1.78. The second kappa shape index (κ2) is 8.60. The van der Waals surface area contributed by atoms with Crippen molar-refractivity contribution in [2.45, 2.75) is 102 Å². The van der Waals surface area contributed by atoms with E-state index in [1.807, 2.05) is 20.8 Å². The van der Waals surface area contributed by atoms with Gasteiger partial charge in [0.1, 0.15) is 17.6 Å². The molecule has 0 aromatic carbocycles. The summed E-state index contributed by atoms with van der Waals surface area (Å²) in [6, 6.07) is -1.27. The maximum atomic E-state index is 13.9. The third-order valence-electron chi connectivity index (χ3n) is 8.57. The summed E-state index contributed by atoms with van der Waals surface area (Å²) in [6.45, 7) is 7.51. The number of aliphatic hydroxyl groups is 1. The van der Waals surface area contributed by atoms with E-state index in [0.29, 0.717) is 12.8 Å². The minimum atomic E-state index is -1.08. The number of rotatable bonds is 7. The van der Waals surface area contributed by atoms with E-state index in [1.54, 1.807) is 6.92 Å². The summed E-state index contributed by atoms with van der Waals surface area (Å²) >= 11 is 0. The van der Waals surface area contributed by atoms with Gasteiger partial charge in [-0.3, -0.25) is 14.4 Å². The van der Waals surface area contributed by atoms with Gasteiger partial charge in [-0.05, 0) is 45.4 Å². The molecule has 32 heavy (non-hydrogen) atoms. The van der Waals surface area contributed by atoms with E-state index in [9.17, 15) is 19.5 Å². The van der Waals surface area contributed by atoms with Gasteiger partial charge in [-0.1, -0.05) is 33.1 Å². The molecule has 8 nitrogen and oxygen atoms in total. The molecule has 1 spiro atoms. The number of carbonyl (C=O) groups excluding carboxylic acids is 3. The van der Waals surface area contributed by atoms with E-state index in [4.69, 9.17) is 9.47 Å². The average Bonchev–Trinajstić information content (AvgIpc) is 3.27. The van der Waals surface area contributed by atoms with E-state index < -0.39 is 41.1 Å². The van der Waals surface area contributed by atoms with Crippen LogP contribution in [0, 0.1) is 17.8 Å². The molecule has 4 aliphatic rings. The number of likely N-dealkylation sites (tertiary alicyclic amines) is 1. The van der Waals surface area contributed by atoms with Crippen LogP contribution in [-0.4, -0.2) is 70.3 Å². The van der Waals surface area contributed by atoms with Crippen molar-refractivity contribution in [2.24, 2.45) is 17.8 Å². The Morgan fingerprint density at radius 2 is 1.97 bits per heavy atom. The van der Waals surface area contributed by atoms with Gasteiger partial charge < -0.3 is 24.8 Å². The summed E-state index contributed by atoms with van der Waals surface area (Å²) in [5.74, 6) is -2.48. The smallest absolute Gasteiger partial charge is 0.312 e. The standard InChI is InChI=1S/C24H38N2O6/c1-5-16(13-27)26-19(20(28)25-15-10-8-7-9-11-15)24-12-14(3)23(4,32-24)18(17(24)21(26)29)22(30)31-6-2/h14-19,27H,5-13H2,1-4H3,(H,25,28)/t14?,16-,17-,18+,19?,23-,24?/m0/s1. The molecule has 4 fully saturated rings. The molecule has 3 heterocycles. The molecule has 4 rings (SSSR count). The maximum absolute atomic E-state index is 13.9. The van der Waals surface area contributed by atoms with Crippen molar-refractivity contribution in [1.29, 1.82) is 0 Å². The Morgan fingerprint density at radius 1 is 1.28 bits per heavy atom. The van der Waals surface area contributed by atoms with Gasteiger partial charge in [-0.15, -0.1) is 0 Å². The van der Waals surface area contributed by atoms with Gasteiger partial charge in [-0.25, -0.2) is 0 Å². The van der Waals surface area contributed by atoms with Crippen LogP contribution in [0.2, 0.25) is 0 Å². The lowest BCUT2D eigenvalue weighted by molar-refractivity contribution is -0.162. The zero-order chi connectivity index (χ0) is 23.3. The molecule has 3 aliphatic heterocycles. The van der Waals surface area contributed by atoms with Crippen LogP contribution in [-0.2, 0) is 23.9 Å². The molecule has 7 atom stereocenters. The van der Waals surface area contributed by atoms with Gasteiger partial charge in [-0.2, -0.15) is 0 Å². The molecule has 1 saturated carbocycles. The van der Waals surface area contributed by atoms with Gasteiger partial charge >= 0.3 is 5.97 Å². The minimum absolute atomic E-state index is 0.0138. The van der Waals surface area contributed by atoms with Crippen LogP contribution in [0.15, 0.2) is 0 Å². The summed E-state index contributed by atoms with van der Waals surface area (Å²) in [7, 11) is 0. The number of nitrogens with one attached hydrogen (secondary N) is 1. The molecule has 0 aromatic rings. The SMILES string of the molecule is CCOC(=O)[C@H]1[C@H]2C(=O)N([C@@H](CC)CO)C(C(=O)NC3CCCCC3)C23CC(C)[C@]1(C)O3. The van der Waals surface area contributed by atoms with E-state index >= 15 is 0 Å². The van der Waals surface area contributed by atoms with E-state index in [1.165, 1.54) is 11.3 Å². The number of esters is 1. The van der Waals surface area contributed by atoms with Crippen LogP contribution in [0.4, 0.5) is 0 Å². The van der Waals surface area contributed by atoms with Gasteiger partial charge in [0, 0.05) is 6.04 Å². The molecular weight excluding hydrogens is 412 g/mol. The summed E-state index contributed by atoms with van der Waals surface area (Å²) in [5, 5.41) is 13.3. The second-order valence-corrected chi connectivity index (χ2v) is 10.3. The maximum Gasteiger partial charge on any atom is 0.312 e. The quantitative estimate of drug-likeness (QED) is 0.573. The molecule has 3 saturated heterocycles. The lowest BCUT2D eigenvalue weighted by atomic mass is 9.62. The predicted molar refractivity (Wildman–Crippen MR) is 116 cm³/mol. The summed E-state index contributed by atoms with van der Waals surface area (Å²) < 4.78 is 12.0. The molecule has 3 unspecified atom stereocenters. The van der Waals surface area contributed by atoms with Crippen molar-refractivity contribution in [3.05, 3.63) is 0 Å². The van der Waals surface area contributed by atoms with Gasteiger partial charge in [0.15, 0.2) is 0 Å². The first-order chi connectivity index (χ1) is 15.2. The van der Waals surface area contributed by atoms with Crippen LogP contribution in [0.5, 0.6) is 0 Å². The Hall–Kier alpha value is -1.67. The number of ether oxygens (including phenoxy) is 2. The molecule has 0 aromatic heterocycles. The van der Waals surface area contributed by atoms with Gasteiger partial charge in [0.25, 0.3) is 0 Å². The first kappa shape index (κ1) is 23.5. The zero-order valence-corrected chi connectivity index (χ0v) is 19.8. The molecule has 8 heteroatoms. The molecule has 2 bridgehead atoms. The molecule has 0 radical (unpaired) electrons. The average molecular weight is 451 g/mol. The van der Waals surface area contributed by atoms with E-state index in [0.717, 1.165) is 25.7 Å². The lowest BCUT2D eigenvalue weighted by Crippen LogP contribution is -2.59. The Bertz CT molecular complexity index is 764. The van der Waals surface area contributed by atoms with Crippen molar-refractivity contribution in [1.82, 2.24) is 10.2 Å². The number of hydrogen-bond acceptors (Lipinski definition) is 6. The van der Waals surface area contributed by atoms with E-state index in [2.05, 4.69) is 5.32 Å². The minimum Gasteiger partial charge on any atom is -0.466 e. The molecule has 2 N–H and O–H groups in total. The zero-order valence-electron chi connectivity index (χ0n) is 19.8. The molecular formula is C24H38N2O6. The Kier molecular flexibility index (Phi) is 6.31. The largest absolute Gasteiger partial charge is 0.466 e. The van der Waals surface area contributed by atoms with Crippen molar-refractivity contribution < 1.29 is 29.0 Å². The van der Waals surface area contributed by atoms with Crippen molar-refractivity contribution in [3.8, 4) is 0 Å². The number of nitrogens with zero attached hydrogens (tertiary/aromatic N) is 1. The Balaban J connectivity index is 1.75. The fourth-order valence-corrected chi connectivity index (χ4v) is 6.90. The van der Waals surface area contributed by atoms with E-state index in [-0.39, 0.29) is 37.0 Å². The number of fused-ring (bicyclic) bond motifs is 1. The Morgan fingerprint density at radius 3 is 2.56 bits per heavy atom. The topological polar surface area (TPSA) is 105 Å². The van der Waals surface area contributed by atoms with Crippen LogP contribution in [0.1, 0.15) is 72.6 Å². The fourth-order valence-electron chi connectivity index (χ4n) is 6.90. The number of aliphatic hydroxyl groups excluding tert-OH is 1. The van der Waals surface area contributed by atoms with Crippen molar-refractivity contribution >= 4 is 17.8 Å². The molecule has 2 amide bonds. The molecule has 1 aliphatic carbocycles. The third-order valence-corrected chi connectivity index (χ3v) is 8.57. The summed E-state index contributed by atoms with van der Waals surface area (Å²) in [5.41, 5.74) is -1.94. The van der Waals surface area contributed by atoms with Crippen LogP contribution >= 0.6 is 0 Å². The summed E-state index contributed by atoms with van der Waals surface area (Å²) in [4.78, 5) is 42.2. The summed E-state index contributed by atoms with van der Waals surface area (Å²) in [6.07, 6.45) is 6.23. The Labute approximate surface area is 190 Å². The van der Waals surface area contributed by atoms with Crippen LogP contribution in [0.3, 0.4) is 0 Å². The second-order valence-electron chi connectivity index (χ2n) is 10.3. The molecule has 180 valence electrons. The third kappa shape index (κ3) is 3.28. The number of carbonyl (C=O) groups is 3. The normalized spacial score (nSPS) is 39.8. The van der Waals surface area contributed by atoms with Gasteiger partial charge in [0.05, 0.1) is 30.8 Å². The highest BCUT2D eigenvalue weighted by Crippen LogP contribution is 2.65. The highest BCUT2D eigenvalue weighted by atomic mass is 16.6. The lowest BCUT2D eigenvalue weighted by Gasteiger charge is -2.37. The highest BCUT2D eigenvalue weighted by molar-refractivity contribution is 5.98. The van der Waals surface area contributed by atoms with Crippen LogP contribution < -0.4 is 5.32 Å². The van der Waals surface area contributed by atoms with Crippen molar-refractivity contribution in [2.75, 3.05) is 13.2 Å². The monoisotopic (exact) mass is 450 g/mol. The highest BCUT2D eigenvalue weighted by Gasteiger charge is 2.80. The first-order valence-corrected chi connectivity index (χ1v) is 12.3. The number of amides is 2. The first-order valence-electron chi connectivity index (χ1n) is 12.3.